The minimum absolute atomic E-state index is 0.0183. The maximum atomic E-state index is 12.4. The molecule has 0 saturated carbocycles. The van der Waals surface area contributed by atoms with Gasteiger partial charge in [-0.25, -0.2) is 0 Å². The second-order valence-electron chi connectivity index (χ2n) is 6.74. The van der Waals surface area contributed by atoms with Crippen LogP contribution in [0.1, 0.15) is 39.2 Å². The lowest BCUT2D eigenvalue weighted by molar-refractivity contribution is -0.123. The third-order valence-corrected chi connectivity index (χ3v) is 5.55. The van der Waals surface area contributed by atoms with Crippen LogP contribution in [-0.2, 0) is 26.1 Å². The predicted octanol–water partition coefficient (Wildman–Crippen LogP) is 3.10. The minimum Gasteiger partial charge on any atom is -0.381 e. The molecule has 22 heavy (non-hydrogen) atoms. The van der Waals surface area contributed by atoms with Crippen LogP contribution in [0.5, 0.6) is 0 Å². The molecule has 1 amide bonds. The molecule has 1 aromatic carbocycles. The van der Waals surface area contributed by atoms with Crippen molar-refractivity contribution in [2.45, 2.75) is 44.6 Å². The number of hydrogen-bond acceptors (Lipinski definition) is 3. The van der Waals surface area contributed by atoms with Gasteiger partial charge >= 0.3 is 0 Å². The Kier molecular flexibility index (Phi) is 5.75. The van der Waals surface area contributed by atoms with Gasteiger partial charge in [-0.05, 0) is 30.5 Å². The van der Waals surface area contributed by atoms with Gasteiger partial charge in [-0.1, -0.05) is 32.9 Å². The van der Waals surface area contributed by atoms with Crippen molar-refractivity contribution < 1.29 is 13.7 Å². The first kappa shape index (κ1) is 17.2. The molecule has 4 nitrogen and oxygen atoms in total. The first-order valence-electron chi connectivity index (χ1n) is 7.71. The molecule has 1 fully saturated rings. The fourth-order valence-corrected chi connectivity index (χ4v) is 3.74. The van der Waals surface area contributed by atoms with E-state index in [1.54, 1.807) is 0 Å². The molecular formula is C17H25NO3S. The first-order chi connectivity index (χ1) is 10.4. The van der Waals surface area contributed by atoms with Gasteiger partial charge in [0.05, 0.1) is 0 Å². The van der Waals surface area contributed by atoms with Crippen LogP contribution in [0.3, 0.4) is 0 Å². The molecule has 122 valence electrons. The van der Waals surface area contributed by atoms with Gasteiger partial charge in [-0.2, -0.15) is 0 Å². The van der Waals surface area contributed by atoms with E-state index in [9.17, 15) is 9.00 Å². The van der Waals surface area contributed by atoms with Crippen LogP contribution in [0, 0.1) is 5.41 Å². The van der Waals surface area contributed by atoms with E-state index in [-0.39, 0.29) is 11.2 Å². The molecule has 1 N–H and O–H groups in total. The highest BCUT2D eigenvalue weighted by molar-refractivity contribution is 7.84. The average molecular weight is 323 g/mol. The number of anilines is 1. The summed E-state index contributed by atoms with van der Waals surface area (Å²) in [6.07, 6.45) is 1.74. The van der Waals surface area contributed by atoms with Crippen molar-refractivity contribution in [3.05, 3.63) is 29.8 Å². The minimum atomic E-state index is -0.888. The lowest BCUT2D eigenvalue weighted by Gasteiger charge is -2.21. The lowest BCUT2D eigenvalue weighted by Crippen LogP contribution is -2.27. The van der Waals surface area contributed by atoms with Crippen molar-refractivity contribution in [2.24, 2.45) is 5.41 Å². The Morgan fingerprint density at radius 2 is 2.00 bits per heavy atom. The number of hydrogen-bond donors (Lipinski definition) is 1. The molecule has 1 heterocycles. The molecule has 1 saturated heterocycles. The zero-order chi connectivity index (χ0) is 16.2. The van der Waals surface area contributed by atoms with E-state index in [0.29, 0.717) is 19.0 Å². The molecule has 0 spiro atoms. The number of ether oxygens (including phenoxy) is 1. The monoisotopic (exact) mass is 323 g/mol. The van der Waals surface area contributed by atoms with Gasteiger partial charge in [0, 0.05) is 46.1 Å². The topological polar surface area (TPSA) is 55.4 Å². The van der Waals surface area contributed by atoms with E-state index in [2.05, 4.69) is 5.32 Å². The van der Waals surface area contributed by atoms with Crippen molar-refractivity contribution in [3.8, 4) is 0 Å². The molecule has 1 atom stereocenters. The van der Waals surface area contributed by atoms with E-state index in [0.717, 1.165) is 24.1 Å². The third-order valence-electron chi connectivity index (χ3n) is 3.72. The molecule has 2 rings (SSSR count). The molecule has 0 unspecified atom stereocenters. The summed E-state index contributed by atoms with van der Waals surface area (Å²) >= 11 is 0. The summed E-state index contributed by atoms with van der Waals surface area (Å²) < 4.78 is 17.7. The second kappa shape index (κ2) is 7.38. The Morgan fingerprint density at radius 3 is 2.64 bits per heavy atom. The summed E-state index contributed by atoms with van der Waals surface area (Å²) in [5, 5.41) is 3.14. The van der Waals surface area contributed by atoms with Crippen LogP contribution in [-0.4, -0.2) is 28.6 Å². The Labute approximate surface area is 135 Å². The SMILES string of the molecule is CC(C)(C)C(=O)Nc1cccc(C[S@@](=O)C2CCOCC2)c1. The van der Waals surface area contributed by atoms with Gasteiger partial charge in [-0.15, -0.1) is 0 Å². The van der Waals surface area contributed by atoms with Crippen LogP contribution in [0.25, 0.3) is 0 Å². The highest BCUT2D eigenvalue weighted by atomic mass is 32.2. The zero-order valence-corrected chi connectivity index (χ0v) is 14.4. The quantitative estimate of drug-likeness (QED) is 0.926. The lowest BCUT2D eigenvalue weighted by atomic mass is 9.95. The molecule has 1 aliphatic rings. The summed E-state index contributed by atoms with van der Waals surface area (Å²) in [7, 11) is -0.888. The smallest absolute Gasteiger partial charge is 0.229 e. The number of benzene rings is 1. The van der Waals surface area contributed by atoms with E-state index in [1.165, 1.54) is 0 Å². The average Bonchev–Trinajstić information content (AvgIpc) is 2.47. The Hall–Kier alpha value is -1.20. The summed E-state index contributed by atoms with van der Waals surface area (Å²) in [5.41, 5.74) is 1.33. The third kappa shape index (κ3) is 4.92. The normalized spacial score (nSPS) is 18.0. The van der Waals surface area contributed by atoms with Crippen LogP contribution >= 0.6 is 0 Å². The fraction of sp³-hybridized carbons (Fsp3) is 0.588. The van der Waals surface area contributed by atoms with Gasteiger partial charge in [-0.3, -0.25) is 9.00 Å². The number of carbonyl (C=O) groups excluding carboxylic acids is 1. The largest absolute Gasteiger partial charge is 0.381 e. The summed E-state index contributed by atoms with van der Waals surface area (Å²) in [5.74, 6) is 0.513. The number of rotatable bonds is 4. The van der Waals surface area contributed by atoms with Crippen LogP contribution in [0.2, 0.25) is 0 Å². The van der Waals surface area contributed by atoms with Gasteiger partial charge in [0.25, 0.3) is 0 Å². The molecule has 0 aliphatic carbocycles. The maximum absolute atomic E-state index is 12.4. The van der Waals surface area contributed by atoms with E-state index in [4.69, 9.17) is 4.74 Å². The number of nitrogens with one attached hydrogen (secondary N) is 1. The molecule has 1 aliphatic heterocycles. The van der Waals surface area contributed by atoms with Crippen molar-refractivity contribution >= 4 is 22.4 Å². The Balaban J connectivity index is 1.99. The van der Waals surface area contributed by atoms with E-state index < -0.39 is 16.2 Å². The molecular weight excluding hydrogens is 298 g/mol. The van der Waals surface area contributed by atoms with Gasteiger partial charge in [0.2, 0.25) is 5.91 Å². The van der Waals surface area contributed by atoms with Crippen molar-refractivity contribution in [3.63, 3.8) is 0 Å². The molecule has 0 bridgehead atoms. The predicted molar refractivity (Wildman–Crippen MR) is 90.2 cm³/mol. The molecule has 1 aromatic rings. The highest BCUT2D eigenvalue weighted by Crippen LogP contribution is 2.21. The first-order valence-corrected chi connectivity index (χ1v) is 9.10. The van der Waals surface area contributed by atoms with E-state index in [1.807, 2.05) is 45.0 Å². The van der Waals surface area contributed by atoms with Gasteiger partial charge < -0.3 is 10.1 Å². The standard InChI is InChI=1S/C17H25NO3S/c1-17(2,3)16(19)18-14-6-4-5-13(11-14)12-22(20)15-7-9-21-10-8-15/h4-6,11,15H,7-10,12H2,1-3H3,(H,18,19)/t22-/m1/s1. The number of carbonyl (C=O) groups is 1. The summed E-state index contributed by atoms with van der Waals surface area (Å²) in [6, 6.07) is 7.64. The van der Waals surface area contributed by atoms with Crippen LogP contribution in [0.15, 0.2) is 24.3 Å². The maximum Gasteiger partial charge on any atom is 0.229 e. The van der Waals surface area contributed by atoms with Crippen LogP contribution in [0.4, 0.5) is 5.69 Å². The van der Waals surface area contributed by atoms with Gasteiger partial charge in [0.1, 0.15) is 0 Å². The van der Waals surface area contributed by atoms with Crippen molar-refractivity contribution in [2.75, 3.05) is 18.5 Å². The zero-order valence-electron chi connectivity index (χ0n) is 13.6. The molecule has 5 heteroatoms. The van der Waals surface area contributed by atoms with Crippen molar-refractivity contribution in [1.82, 2.24) is 0 Å². The molecule has 0 aromatic heterocycles. The van der Waals surface area contributed by atoms with Gasteiger partial charge in [0.15, 0.2) is 0 Å². The van der Waals surface area contributed by atoms with Crippen molar-refractivity contribution in [1.29, 1.82) is 0 Å². The fourth-order valence-electron chi connectivity index (χ4n) is 2.28. The Bertz CT molecular complexity index is 545. The van der Waals surface area contributed by atoms with Crippen LogP contribution < -0.4 is 5.32 Å². The second-order valence-corrected chi connectivity index (χ2v) is 8.46. The Morgan fingerprint density at radius 1 is 1.32 bits per heavy atom. The molecule has 0 radical (unpaired) electrons. The van der Waals surface area contributed by atoms with E-state index >= 15 is 0 Å². The summed E-state index contributed by atoms with van der Waals surface area (Å²) in [6.45, 7) is 7.06. The summed E-state index contributed by atoms with van der Waals surface area (Å²) in [4.78, 5) is 12.0. The number of amides is 1. The highest BCUT2D eigenvalue weighted by Gasteiger charge is 2.22.